The molecule has 1 atom stereocenters. The molecule has 1 aromatic rings. The highest BCUT2D eigenvalue weighted by Crippen LogP contribution is 2.31. The number of aliphatic carboxylic acids is 1. The van der Waals surface area contributed by atoms with Gasteiger partial charge in [0.1, 0.15) is 6.73 Å². The van der Waals surface area contributed by atoms with Crippen LogP contribution in [0, 0.1) is 5.41 Å². The van der Waals surface area contributed by atoms with E-state index in [1.807, 2.05) is 0 Å². The van der Waals surface area contributed by atoms with Crippen LogP contribution in [0.1, 0.15) is 41.0 Å². The summed E-state index contributed by atoms with van der Waals surface area (Å²) in [6.45, 7) is 2.65. The molecule has 0 aromatic heterocycles. The van der Waals surface area contributed by atoms with Gasteiger partial charge < -0.3 is 19.7 Å². The summed E-state index contributed by atoms with van der Waals surface area (Å²) in [7, 11) is 0. The number of aliphatic hydroxyl groups is 1. The maximum Gasteiger partial charge on any atom is 0.303 e. The van der Waals surface area contributed by atoms with Gasteiger partial charge in [-0.3, -0.25) is 23.5 Å². The first-order valence-corrected chi connectivity index (χ1v) is 9.36. The lowest BCUT2D eigenvalue weighted by Gasteiger charge is -2.27. The molecule has 0 saturated heterocycles. The topological polar surface area (TPSA) is 148 Å². The lowest BCUT2D eigenvalue weighted by Crippen LogP contribution is -2.39. The lowest BCUT2D eigenvalue weighted by atomic mass is 9.89. The Morgan fingerprint density at radius 2 is 1.93 bits per heavy atom. The van der Waals surface area contributed by atoms with E-state index in [2.05, 4.69) is 4.18 Å². The van der Waals surface area contributed by atoms with Gasteiger partial charge in [-0.05, 0) is 23.6 Å². The number of carbonyl (C=O) groups is 3. The maximum absolute atomic E-state index is 12.7. The number of carbonyl (C=O) groups excluding carboxylic acids is 2. The number of carboxylic acids is 1. The summed E-state index contributed by atoms with van der Waals surface area (Å²) in [5, 5.41) is 18.2. The summed E-state index contributed by atoms with van der Waals surface area (Å²) < 4.78 is 25.7. The van der Waals surface area contributed by atoms with Gasteiger partial charge in [-0.1, -0.05) is 13.8 Å². The summed E-state index contributed by atoms with van der Waals surface area (Å²) in [6.07, 6.45) is -0.209. The average Bonchev–Trinajstić information content (AvgIpc) is 2.81. The molecule has 154 valence electrons. The first kappa shape index (κ1) is 22.0. The number of carboxylic acid groups (broad SMARTS) is 1. The van der Waals surface area contributed by atoms with Crippen molar-refractivity contribution in [1.29, 1.82) is 0 Å². The molecule has 0 radical (unpaired) electrons. The standard InChI is InChI=1S/C17H22N2O8S/c1-17(2,8-14(21)22)9-19-15(23)12-4-3-11(7-13(12)16(19)24)18(5-6-20)10-27-28(25)26/h3-4,7,20H,5-6,8-10H2,1-2H3,(H,21,22)(H,25,26)/p-1. The highest BCUT2D eigenvalue weighted by molar-refractivity contribution is 7.74. The van der Waals surface area contributed by atoms with Crippen molar-refractivity contribution >= 4 is 34.8 Å². The first-order valence-electron chi connectivity index (χ1n) is 8.36. The zero-order valence-electron chi connectivity index (χ0n) is 15.4. The molecule has 1 aliphatic heterocycles. The van der Waals surface area contributed by atoms with Gasteiger partial charge in [-0.15, -0.1) is 0 Å². The molecule has 0 fully saturated rings. The second kappa shape index (κ2) is 8.78. The number of rotatable bonds is 10. The zero-order valence-corrected chi connectivity index (χ0v) is 16.2. The molecule has 10 nitrogen and oxygen atoms in total. The molecule has 1 unspecified atom stereocenters. The van der Waals surface area contributed by atoms with E-state index in [-0.39, 0.29) is 44.0 Å². The van der Waals surface area contributed by atoms with Crippen LogP contribution < -0.4 is 4.90 Å². The van der Waals surface area contributed by atoms with Crippen LogP contribution in [-0.4, -0.2) is 68.1 Å². The van der Waals surface area contributed by atoms with Gasteiger partial charge in [0.25, 0.3) is 11.8 Å². The number of hydrogen-bond acceptors (Lipinski definition) is 8. The number of anilines is 1. The fourth-order valence-corrected chi connectivity index (χ4v) is 3.22. The van der Waals surface area contributed by atoms with E-state index in [0.717, 1.165) is 4.90 Å². The molecular formula is C17H21N2O8S-. The van der Waals surface area contributed by atoms with E-state index in [0.29, 0.717) is 5.69 Å². The maximum atomic E-state index is 12.7. The molecule has 28 heavy (non-hydrogen) atoms. The number of aliphatic hydroxyl groups excluding tert-OH is 1. The molecular weight excluding hydrogens is 392 g/mol. The molecule has 0 spiro atoms. The van der Waals surface area contributed by atoms with Crippen molar-refractivity contribution in [3.63, 3.8) is 0 Å². The Bertz CT molecular complexity index is 810. The third kappa shape index (κ3) is 5.13. The zero-order chi connectivity index (χ0) is 21.1. The van der Waals surface area contributed by atoms with E-state index in [4.69, 9.17) is 10.2 Å². The summed E-state index contributed by atoms with van der Waals surface area (Å²) in [5.41, 5.74) is -0.111. The van der Waals surface area contributed by atoms with Crippen molar-refractivity contribution in [2.45, 2.75) is 20.3 Å². The van der Waals surface area contributed by atoms with Crippen LogP contribution in [0.25, 0.3) is 0 Å². The number of benzene rings is 1. The second-order valence-corrected chi connectivity index (χ2v) is 7.74. The molecule has 2 rings (SSSR count). The van der Waals surface area contributed by atoms with Crippen LogP contribution in [0.3, 0.4) is 0 Å². The van der Waals surface area contributed by atoms with Crippen LogP contribution >= 0.6 is 0 Å². The van der Waals surface area contributed by atoms with E-state index in [9.17, 15) is 23.1 Å². The summed E-state index contributed by atoms with van der Waals surface area (Å²) in [5.74, 6) is -2.10. The predicted octanol–water partition coefficient (Wildman–Crippen LogP) is 0.350. The Labute approximate surface area is 164 Å². The van der Waals surface area contributed by atoms with Gasteiger partial charge in [-0.2, -0.15) is 0 Å². The minimum atomic E-state index is -2.75. The number of amides is 2. The number of nitrogens with zero attached hydrogens (tertiary/aromatic N) is 2. The van der Waals surface area contributed by atoms with Crippen molar-refractivity contribution < 1.29 is 37.5 Å². The Hall–Kier alpha value is -2.34. The number of fused-ring (bicyclic) bond motifs is 1. The Morgan fingerprint density at radius 3 is 2.50 bits per heavy atom. The summed E-state index contributed by atoms with van der Waals surface area (Å²) >= 11 is -2.75. The molecule has 1 heterocycles. The van der Waals surface area contributed by atoms with Gasteiger partial charge in [0.2, 0.25) is 0 Å². The van der Waals surface area contributed by atoms with Crippen molar-refractivity contribution in [2.75, 3.05) is 31.3 Å². The fraction of sp³-hybridized carbons (Fsp3) is 0.471. The smallest absolute Gasteiger partial charge is 0.303 e. The molecule has 0 saturated carbocycles. The Morgan fingerprint density at radius 1 is 1.29 bits per heavy atom. The highest BCUT2D eigenvalue weighted by Gasteiger charge is 2.39. The minimum Gasteiger partial charge on any atom is -0.750 e. The van der Waals surface area contributed by atoms with Crippen LogP contribution in [0.5, 0.6) is 0 Å². The molecule has 2 amide bonds. The van der Waals surface area contributed by atoms with Crippen LogP contribution in [0.4, 0.5) is 5.69 Å². The SMILES string of the molecule is CC(C)(CC(=O)O)CN1C(=O)c2ccc(N(CCO)COS(=O)[O-])cc2C1=O. The van der Waals surface area contributed by atoms with Crippen molar-refractivity contribution in [3.8, 4) is 0 Å². The minimum absolute atomic E-state index is 0.0491. The predicted molar refractivity (Wildman–Crippen MR) is 97.1 cm³/mol. The third-order valence-electron chi connectivity index (χ3n) is 4.21. The summed E-state index contributed by atoms with van der Waals surface area (Å²) in [4.78, 5) is 38.7. The summed E-state index contributed by atoms with van der Waals surface area (Å²) in [6, 6.07) is 4.38. The van der Waals surface area contributed by atoms with Crippen LogP contribution in [0.2, 0.25) is 0 Å². The van der Waals surface area contributed by atoms with Crippen molar-refractivity contribution in [2.24, 2.45) is 5.41 Å². The van der Waals surface area contributed by atoms with Crippen molar-refractivity contribution in [1.82, 2.24) is 4.90 Å². The quantitative estimate of drug-likeness (QED) is 0.315. The van der Waals surface area contributed by atoms with Gasteiger partial charge in [0.15, 0.2) is 0 Å². The van der Waals surface area contributed by atoms with Crippen LogP contribution in [0.15, 0.2) is 18.2 Å². The van der Waals surface area contributed by atoms with Gasteiger partial charge >= 0.3 is 5.97 Å². The molecule has 11 heteroatoms. The van der Waals surface area contributed by atoms with Crippen molar-refractivity contribution in [3.05, 3.63) is 29.3 Å². The monoisotopic (exact) mass is 413 g/mol. The lowest BCUT2D eigenvalue weighted by molar-refractivity contribution is -0.139. The van der Waals surface area contributed by atoms with Gasteiger partial charge in [0.05, 0.1) is 35.5 Å². The third-order valence-corrected chi connectivity index (χ3v) is 4.51. The largest absolute Gasteiger partial charge is 0.750 e. The van der Waals surface area contributed by atoms with E-state index in [1.165, 1.54) is 23.1 Å². The molecule has 2 N–H and O–H groups in total. The molecule has 0 bridgehead atoms. The normalized spacial score (nSPS) is 14.9. The van der Waals surface area contributed by atoms with E-state index < -0.39 is 34.6 Å². The molecule has 0 aliphatic carbocycles. The Balaban J connectivity index is 2.26. The second-order valence-electron chi connectivity index (χ2n) is 7.10. The van der Waals surface area contributed by atoms with Gasteiger partial charge in [0, 0.05) is 18.8 Å². The van der Waals surface area contributed by atoms with Gasteiger partial charge in [-0.25, -0.2) is 4.21 Å². The molecule has 1 aromatic carbocycles. The van der Waals surface area contributed by atoms with E-state index >= 15 is 0 Å². The molecule has 1 aliphatic rings. The highest BCUT2D eigenvalue weighted by atomic mass is 32.2. The fourth-order valence-electron chi connectivity index (χ4n) is 3.01. The Kier molecular flexibility index (Phi) is 6.88. The van der Waals surface area contributed by atoms with Crippen LogP contribution in [-0.2, 0) is 20.3 Å². The average molecular weight is 413 g/mol. The number of hydrogen-bond donors (Lipinski definition) is 2. The first-order chi connectivity index (χ1) is 13.1. The van der Waals surface area contributed by atoms with E-state index in [1.54, 1.807) is 13.8 Å². The number of imide groups is 1.